The van der Waals surface area contributed by atoms with E-state index in [1.165, 1.54) is 6.42 Å². The second kappa shape index (κ2) is 7.29. The molecule has 1 aromatic carbocycles. The maximum atomic E-state index is 13.5. The highest BCUT2D eigenvalue weighted by Gasteiger charge is 2.31. The van der Waals surface area contributed by atoms with Gasteiger partial charge in [0.05, 0.1) is 6.10 Å². The first-order valence-electron chi connectivity index (χ1n) is 7.51. The van der Waals surface area contributed by atoms with E-state index in [9.17, 15) is 19.0 Å². The third-order valence-electron chi connectivity index (χ3n) is 4.40. The van der Waals surface area contributed by atoms with Crippen LogP contribution in [0.2, 0.25) is 0 Å². The molecule has 21 heavy (non-hydrogen) atoms. The molecule has 1 unspecified atom stereocenters. The van der Waals surface area contributed by atoms with Gasteiger partial charge >= 0.3 is 0 Å². The molecule has 0 aliphatic heterocycles. The molecule has 3 nitrogen and oxygen atoms in total. The second-order valence-corrected chi connectivity index (χ2v) is 6.03. The Hall–Kier alpha value is -1.04. The summed E-state index contributed by atoms with van der Waals surface area (Å²) in [5, 5.41) is 22.7. The molecule has 0 radical (unpaired) electrons. The zero-order chi connectivity index (χ0) is 15.3. The van der Waals surface area contributed by atoms with Gasteiger partial charge in [0.1, 0.15) is 11.6 Å². The molecule has 1 fully saturated rings. The first kappa shape index (κ1) is 16.3. The third kappa shape index (κ3) is 4.22. The number of rotatable bonds is 6. The summed E-state index contributed by atoms with van der Waals surface area (Å²) in [6.45, 7) is 0.837. The minimum atomic E-state index is -1.10. The Balaban J connectivity index is 1.88. The Morgan fingerprint density at radius 1 is 1.19 bits per heavy atom. The normalized spacial score (nSPS) is 19.4. The van der Waals surface area contributed by atoms with Crippen molar-refractivity contribution in [1.29, 1.82) is 0 Å². The highest BCUT2D eigenvalue weighted by atomic mass is 19.1. The van der Waals surface area contributed by atoms with E-state index >= 15 is 0 Å². The molecule has 0 heterocycles. The quantitative estimate of drug-likeness (QED) is 0.756. The van der Waals surface area contributed by atoms with Crippen LogP contribution in [0.15, 0.2) is 18.2 Å². The van der Waals surface area contributed by atoms with E-state index < -0.39 is 17.7 Å². The molecule has 0 saturated heterocycles. The Bertz CT molecular complexity index is 462. The third-order valence-corrected chi connectivity index (χ3v) is 4.40. The highest BCUT2D eigenvalue weighted by Crippen LogP contribution is 2.35. The van der Waals surface area contributed by atoms with Gasteiger partial charge in [-0.1, -0.05) is 19.3 Å². The maximum Gasteiger partial charge on any atom is 0.129 e. The molecule has 0 aromatic heterocycles. The lowest BCUT2D eigenvalue weighted by Crippen LogP contribution is -2.40. The molecular weight excluding hydrogens is 276 g/mol. The molecule has 1 aliphatic rings. The van der Waals surface area contributed by atoms with Gasteiger partial charge in [-0.25, -0.2) is 8.78 Å². The number of aliphatic hydroxyl groups is 2. The van der Waals surface area contributed by atoms with E-state index in [1.54, 1.807) is 0 Å². The lowest BCUT2D eigenvalue weighted by atomic mass is 9.74. The van der Waals surface area contributed by atoms with E-state index in [0.717, 1.165) is 43.9 Å². The minimum absolute atomic E-state index is 0.0378. The van der Waals surface area contributed by atoms with Gasteiger partial charge in [0, 0.05) is 30.7 Å². The maximum absolute atomic E-state index is 13.5. The number of aliphatic hydroxyl groups excluding tert-OH is 2. The summed E-state index contributed by atoms with van der Waals surface area (Å²) >= 11 is 0. The van der Waals surface area contributed by atoms with Crippen LogP contribution in [0.1, 0.15) is 43.8 Å². The predicted octanol–water partition coefficient (Wildman–Crippen LogP) is 2.53. The average Bonchev–Trinajstić information content (AvgIpc) is 2.50. The van der Waals surface area contributed by atoms with Crippen molar-refractivity contribution in [1.82, 2.24) is 5.32 Å². The van der Waals surface area contributed by atoms with Crippen molar-refractivity contribution in [2.24, 2.45) is 5.41 Å². The molecule has 0 bridgehead atoms. The molecule has 3 N–H and O–H groups in total. The number of halogens is 2. The minimum Gasteiger partial charge on any atom is -0.396 e. The van der Waals surface area contributed by atoms with Gasteiger partial charge < -0.3 is 15.5 Å². The zero-order valence-corrected chi connectivity index (χ0v) is 12.1. The number of hydrogen-bond acceptors (Lipinski definition) is 3. The zero-order valence-electron chi connectivity index (χ0n) is 12.1. The fraction of sp³-hybridized carbons (Fsp3) is 0.625. The summed E-state index contributed by atoms with van der Waals surface area (Å²) in [7, 11) is 0. The fourth-order valence-electron chi connectivity index (χ4n) is 3.05. The molecule has 1 aromatic rings. The van der Waals surface area contributed by atoms with Crippen LogP contribution in [0.4, 0.5) is 8.78 Å². The Morgan fingerprint density at radius 2 is 1.90 bits per heavy atom. The SMILES string of the molecule is OCC1(CNCC(O)c2cc(F)ccc2F)CCCCC1. The van der Waals surface area contributed by atoms with Gasteiger partial charge in [-0.05, 0) is 31.0 Å². The predicted molar refractivity (Wildman–Crippen MR) is 76.8 cm³/mol. The van der Waals surface area contributed by atoms with Crippen LogP contribution in [-0.4, -0.2) is 29.9 Å². The monoisotopic (exact) mass is 299 g/mol. The fourth-order valence-corrected chi connectivity index (χ4v) is 3.05. The molecular formula is C16H23F2NO2. The standard InChI is InChI=1S/C16H23F2NO2/c17-12-4-5-14(18)13(8-12)15(21)9-19-10-16(11-20)6-2-1-3-7-16/h4-5,8,15,19-21H,1-3,6-7,9-11H2. The number of hydrogen-bond donors (Lipinski definition) is 3. The first-order chi connectivity index (χ1) is 10.1. The molecule has 0 amide bonds. The van der Waals surface area contributed by atoms with Crippen molar-refractivity contribution >= 4 is 0 Å². The molecule has 0 spiro atoms. The van der Waals surface area contributed by atoms with Gasteiger partial charge in [-0.15, -0.1) is 0 Å². The van der Waals surface area contributed by atoms with E-state index in [4.69, 9.17) is 0 Å². The number of nitrogens with one attached hydrogen (secondary N) is 1. The molecule has 1 aliphatic carbocycles. The van der Waals surface area contributed by atoms with Crippen LogP contribution in [0.3, 0.4) is 0 Å². The Kier molecular flexibility index (Phi) is 5.67. The number of benzene rings is 1. The van der Waals surface area contributed by atoms with E-state index in [0.29, 0.717) is 6.54 Å². The van der Waals surface area contributed by atoms with E-state index in [1.807, 2.05) is 0 Å². The average molecular weight is 299 g/mol. The summed E-state index contributed by atoms with van der Waals surface area (Å²) in [5.41, 5.74) is -0.178. The highest BCUT2D eigenvalue weighted by molar-refractivity contribution is 5.21. The first-order valence-corrected chi connectivity index (χ1v) is 7.51. The van der Waals surface area contributed by atoms with Crippen LogP contribution >= 0.6 is 0 Å². The van der Waals surface area contributed by atoms with Crippen molar-refractivity contribution in [3.8, 4) is 0 Å². The van der Waals surface area contributed by atoms with Crippen LogP contribution in [0.25, 0.3) is 0 Å². The molecule has 1 saturated carbocycles. The van der Waals surface area contributed by atoms with Crippen LogP contribution in [0.5, 0.6) is 0 Å². The Morgan fingerprint density at radius 3 is 2.57 bits per heavy atom. The van der Waals surface area contributed by atoms with Gasteiger partial charge in [0.25, 0.3) is 0 Å². The summed E-state index contributed by atoms with van der Waals surface area (Å²) in [6.07, 6.45) is 4.22. The smallest absolute Gasteiger partial charge is 0.129 e. The van der Waals surface area contributed by atoms with Crippen LogP contribution in [0, 0.1) is 17.0 Å². The molecule has 1 atom stereocenters. The lowest BCUT2D eigenvalue weighted by molar-refractivity contribution is 0.0754. The summed E-state index contributed by atoms with van der Waals surface area (Å²) in [4.78, 5) is 0. The molecule has 118 valence electrons. The van der Waals surface area contributed by atoms with Crippen molar-refractivity contribution < 1.29 is 19.0 Å². The van der Waals surface area contributed by atoms with Gasteiger partial charge in [-0.3, -0.25) is 0 Å². The topological polar surface area (TPSA) is 52.5 Å². The molecule has 5 heteroatoms. The Labute approximate surface area is 124 Å². The second-order valence-electron chi connectivity index (χ2n) is 6.03. The van der Waals surface area contributed by atoms with Crippen molar-refractivity contribution in [2.75, 3.05) is 19.7 Å². The summed E-state index contributed by atoms with van der Waals surface area (Å²) in [6, 6.07) is 3.07. The van der Waals surface area contributed by atoms with Gasteiger partial charge in [0.2, 0.25) is 0 Å². The van der Waals surface area contributed by atoms with Crippen molar-refractivity contribution in [3.63, 3.8) is 0 Å². The van der Waals surface area contributed by atoms with Crippen molar-refractivity contribution in [2.45, 2.75) is 38.2 Å². The van der Waals surface area contributed by atoms with Gasteiger partial charge in [0.15, 0.2) is 0 Å². The largest absolute Gasteiger partial charge is 0.396 e. The van der Waals surface area contributed by atoms with E-state index in [2.05, 4.69) is 5.32 Å². The van der Waals surface area contributed by atoms with E-state index in [-0.39, 0.29) is 24.1 Å². The summed E-state index contributed by atoms with van der Waals surface area (Å²) < 4.78 is 26.7. The van der Waals surface area contributed by atoms with Gasteiger partial charge in [-0.2, -0.15) is 0 Å². The summed E-state index contributed by atoms with van der Waals surface area (Å²) in [5.74, 6) is -1.18. The van der Waals surface area contributed by atoms with Crippen LogP contribution < -0.4 is 5.32 Å². The lowest BCUT2D eigenvalue weighted by Gasteiger charge is -2.36. The van der Waals surface area contributed by atoms with Crippen molar-refractivity contribution in [3.05, 3.63) is 35.4 Å². The van der Waals surface area contributed by atoms with Crippen LogP contribution in [-0.2, 0) is 0 Å². The molecule has 2 rings (SSSR count).